The number of rotatable bonds is 8. The number of ketones is 1. The molecule has 2 heterocycles. The van der Waals surface area contributed by atoms with E-state index in [1.54, 1.807) is 31.4 Å². The second kappa shape index (κ2) is 11.1. The molecule has 1 aliphatic heterocycles. The van der Waals surface area contributed by atoms with Gasteiger partial charge in [-0.15, -0.1) is 12.4 Å². The first-order valence-electron chi connectivity index (χ1n) is 10.6. The Morgan fingerprint density at radius 1 is 1.19 bits per heavy atom. The highest BCUT2D eigenvalue weighted by Gasteiger charge is 2.24. The smallest absolute Gasteiger partial charge is 0.161 e. The molecule has 0 amide bonds. The zero-order valence-corrected chi connectivity index (χ0v) is 19.9. The van der Waals surface area contributed by atoms with Crippen molar-refractivity contribution in [1.29, 1.82) is 0 Å². The van der Waals surface area contributed by atoms with Gasteiger partial charge in [-0.3, -0.25) is 4.79 Å². The summed E-state index contributed by atoms with van der Waals surface area (Å²) >= 11 is 1.39. The van der Waals surface area contributed by atoms with E-state index in [1.807, 2.05) is 6.07 Å². The highest BCUT2D eigenvalue weighted by molar-refractivity contribution is 7.13. The molecule has 4 rings (SSSR count). The molecule has 1 saturated heterocycles. The number of carbonyl (C=O) groups is 1. The number of benzene rings is 2. The van der Waals surface area contributed by atoms with Gasteiger partial charge in [0.1, 0.15) is 5.82 Å². The summed E-state index contributed by atoms with van der Waals surface area (Å²) in [5, 5.41) is 1.10. The maximum absolute atomic E-state index is 13.4. The molecule has 0 atom stereocenters. The first-order chi connectivity index (χ1) is 15.0. The van der Waals surface area contributed by atoms with Crippen LogP contribution in [0.2, 0.25) is 0 Å². The average molecular weight is 479 g/mol. The van der Waals surface area contributed by atoms with Crippen LogP contribution in [-0.4, -0.2) is 48.4 Å². The van der Waals surface area contributed by atoms with Gasteiger partial charge in [-0.1, -0.05) is 0 Å². The summed E-state index contributed by atoms with van der Waals surface area (Å²) in [7, 11) is 1.58. The number of fused-ring (bicyclic) bond motifs is 1. The fraction of sp³-hybridized carbons (Fsp3) is 0.417. The van der Waals surface area contributed by atoms with Crippen molar-refractivity contribution >= 4 is 39.8 Å². The Bertz CT molecular complexity index is 1070. The van der Waals surface area contributed by atoms with E-state index in [0.717, 1.165) is 54.7 Å². The van der Waals surface area contributed by atoms with E-state index in [1.165, 1.54) is 24.5 Å². The Labute approximate surface area is 198 Å². The van der Waals surface area contributed by atoms with Gasteiger partial charge in [-0.05, 0) is 87.2 Å². The summed E-state index contributed by atoms with van der Waals surface area (Å²) < 4.78 is 30.2. The van der Waals surface area contributed by atoms with Crippen molar-refractivity contribution in [3.05, 3.63) is 53.5 Å². The normalized spacial score (nSPS) is 14.8. The zero-order chi connectivity index (χ0) is 21.8. The van der Waals surface area contributed by atoms with Crippen molar-refractivity contribution in [3.8, 4) is 11.5 Å². The van der Waals surface area contributed by atoms with Crippen molar-refractivity contribution in [2.75, 3.05) is 33.4 Å². The van der Waals surface area contributed by atoms with Crippen LogP contribution in [0.25, 0.3) is 10.1 Å². The molecular formula is C24H28ClFN2O3S. The van der Waals surface area contributed by atoms with Gasteiger partial charge in [0.15, 0.2) is 17.3 Å². The lowest BCUT2D eigenvalue weighted by Gasteiger charge is -2.31. The van der Waals surface area contributed by atoms with Crippen LogP contribution in [0.5, 0.6) is 11.5 Å². The minimum Gasteiger partial charge on any atom is -0.493 e. The van der Waals surface area contributed by atoms with Crippen LogP contribution < -0.4 is 9.47 Å². The number of hydrogen-bond acceptors (Lipinski definition) is 6. The van der Waals surface area contributed by atoms with Crippen molar-refractivity contribution in [2.24, 2.45) is 0 Å². The molecule has 1 aromatic heterocycles. The minimum absolute atomic E-state index is 0. The quantitative estimate of drug-likeness (QED) is 0.306. The molecule has 32 heavy (non-hydrogen) atoms. The molecule has 3 aromatic rings. The number of carbonyl (C=O) groups excluding carboxylic acids is 1. The Morgan fingerprint density at radius 3 is 2.69 bits per heavy atom. The predicted molar refractivity (Wildman–Crippen MR) is 128 cm³/mol. The van der Waals surface area contributed by atoms with Gasteiger partial charge in [-0.25, -0.2) is 4.39 Å². The van der Waals surface area contributed by atoms with E-state index < -0.39 is 0 Å². The number of nitrogens with zero attached hydrogens (tertiary/aromatic N) is 2. The highest BCUT2D eigenvalue weighted by atomic mass is 35.5. The summed E-state index contributed by atoms with van der Waals surface area (Å²) in [6.45, 7) is 5.17. The van der Waals surface area contributed by atoms with E-state index in [0.29, 0.717) is 29.6 Å². The van der Waals surface area contributed by atoms with E-state index >= 15 is 0 Å². The molecular weight excluding hydrogens is 451 g/mol. The lowest BCUT2D eigenvalue weighted by molar-refractivity contribution is 0.101. The van der Waals surface area contributed by atoms with Crippen LogP contribution in [0.4, 0.5) is 4.39 Å². The Hall–Kier alpha value is -2.22. The zero-order valence-electron chi connectivity index (χ0n) is 18.3. The minimum atomic E-state index is -0.202. The van der Waals surface area contributed by atoms with Crippen LogP contribution in [0.15, 0.2) is 36.4 Å². The predicted octanol–water partition coefficient (Wildman–Crippen LogP) is 5.72. The standard InChI is InChI=1S/C24H27FN2O3S.ClH/c1-16(28)18-4-7-21(22(14-18)29-2)30-13-3-10-27-11-8-17(9-12-27)24-20-6-5-19(25)15-23(20)31-26-24;/h4-7,14-15,17H,3,8-13H2,1-2H3;1H. The van der Waals surface area contributed by atoms with Gasteiger partial charge < -0.3 is 14.4 Å². The van der Waals surface area contributed by atoms with Gasteiger partial charge >= 0.3 is 0 Å². The molecule has 1 fully saturated rings. The molecule has 8 heteroatoms. The van der Waals surface area contributed by atoms with Gasteiger partial charge in [0.2, 0.25) is 0 Å². The lowest BCUT2D eigenvalue weighted by atomic mass is 9.91. The van der Waals surface area contributed by atoms with Crippen LogP contribution in [0.3, 0.4) is 0 Å². The van der Waals surface area contributed by atoms with Crippen molar-refractivity contribution in [2.45, 2.75) is 32.1 Å². The molecule has 2 aromatic carbocycles. The van der Waals surface area contributed by atoms with E-state index in [2.05, 4.69) is 9.27 Å². The molecule has 1 aliphatic rings. The van der Waals surface area contributed by atoms with E-state index in [-0.39, 0.29) is 24.0 Å². The Balaban J connectivity index is 0.00000289. The Kier molecular flexibility index (Phi) is 8.45. The van der Waals surface area contributed by atoms with E-state index in [4.69, 9.17) is 9.47 Å². The SMILES string of the molecule is COc1cc(C(C)=O)ccc1OCCCN1CCC(c2nsc3cc(F)ccc23)CC1.Cl. The molecule has 0 spiro atoms. The van der Waals surface area contributed by atoms with Gasteiger partial charge in [-0.2, -0.15) is 4.37 Å². The maximum Gasteiger partial charge on any atom is 0.161 e. The monoisotopic (exact) mass is 478 g/mol. The van der Waals surface area contributed by atoms with Crippen LogP contribution in [0.1, 0.15) is 48.2 Å². The maximum atomic E-state index is 13.4. The lowest BCUT2D eigenvalue weighted by Crippen LogP contribution is -2.34. The van der Waals surface area contributed by atoms with Gasteiger partial charge in [0.05, 0.1) is 24.1 Å². The second-order valence-corrected chi connectivity index (χ2v) is 8.75. The third-order valence-electron chi connectivity index (χ3n) is 5.88. The largest absolute Gasteiger partial charge is 0.493 e. The fourth-order valence-corrected chi connectivity index (χ4v) is 5.01. The molecule has 0 aliphatic carbocycles. The molecule has 0 radical (unpaired) electrons. The number of piperidine rings is 1. The number of likely N-dealkylation sites (tertiary alicyclic amines) is 1. The third-order valence-corrected chi connectivity index (χ3v) is 6.71. The number of hydrogen-bond donors (Lipinski definition) is 0. The van der Waals surface area contributed by atoms with Crippen molar-refractivity contribution in [3.63, 3.8) is 0 Å². The fourth-order valence-electron chi connectivity index (χ4n) is 4.13. The third kappa shape index (κ3) is 5.57. The summed E-state index contributed by atoms with van der Waals surface area (Å²) in [4.78, 5) is 14.0. The molecule has 5 nitrogen and oxygen atoms in total. The molecule has 0 unspecified atom stereocenters. The number of methoxy groups -OCH3 is 1. The molecule has 172 valence electrons. The molecule has 0 bridgehead atoms. The van der Waals surface area contributed by atoms with Crippen molar-refractivity contribution < 1.29 is 18.7 Å². The van der Waals surface area contributed by atoms with Gasteiger partial charge in [0, 0.05) is 23.4 Å². The topological polar surface area (TPSA) is 51.7 Å². The Morgan fingerprint density at radius 2 is 1.97 bits per heavy atom. The molecule has 0 saturated carbocycles. The number of halogens is 2. The summed E-state index contributed by atoms with van der Waals surface area (Å²) in [5.41, 5.74) is 1.74. The summed E-state index contributed by atoms with van der Waals surface area (Å²) in [6, 6.07) is 10.3. The van der Waals surface area contributed by atoms with Crippen LogP contribution in [0, 0.1) is 5.82 Å². The second-order valence-electron chi connectivity index (χ2n) is 7.95. The van der Waals surface area contributed by atoms with Crippen LogP contribution in [-0.2, 0) is 0 Å². The number of Topliss-reactive ketones (excluding diaryl/α,β-unsaturated/α-hetero) is 1. The average Bonchev–Trinajstić information content (AvgIpc) is 3.20. The first-order valence-corrected chi connectivity index (χ1v) is 11.4. The first kappa shape index (κ1) is 24.4. The number of aromatic nitrogens is 1. The summed E-state index contributed by atoms with van der Waals surface area (Å²) in [6.07, 6.45) is 3.05. The van der Waals surface area contributed by atoms with Gasteiger partial charge in [0.25, 0.3) is 0 Å². The number of ether oxygens (including phenoxy) is 2. The van der Waals surface area contributed by atoms with Crippen molar-refractivity contribution in [1.82, 2.24) is 9.27 Å². The molecule has 0 N–H and O–H groups in total. The highest BCUT2D eigenvalue weighted by Crippen LogP contribution is 2.34. The van der Waals surface area contributed by atoms with E-state index in [9.17, 15) is 9.18 Å². The summed E-state index contributed by atoms with van der Waals surface area (Å²) in [5.74, 6) is 1.50. The van der Waals surface area contributed by atoms with Crippen LogP contribution >= 0.6 is 23.9 Å².